The first-order chi connectivity index (χ1) is 7.18. The minimum atomic E-state index is 0.767. The fourth-order valence-corrected chi connectivity index (χ4v) is 1.53. The highest BCUT2D eigenvalue weighted by Crippen LogP contribution is 2.20. The van der Waals surface area contributed by atoms with Gasteiger partial charge in [-0.15, -0.1) is 12.6 Å². The van der Waals surface area contributed by atoms with Crippen LogP contribution < -0.4 is 0 Å². The molecule has 0 bridgehead atoms. The lowest BCUT2D eigenvalue weighted by molar-refractivity contribution is 0.986. The Kier molecular flexibility index (Phi) is 2.73. The summed E-state index contributed by atoms with van der Waals surface area (Å²) in [7, 11) is 0. The molecular formula is C12H12N2S. The average molecular weight is 216 g/mol. The Hall–Kier alpha value is -1.35. The maximum absolute atomic E-state index is 4.42. The molecule has 0 fully saturated rings. The summed E-state index contributed by atoms with van der Waals surface area (Å²) >= 11 is 4.35. The third kappa shape index (κ3) is 2.02. The fraction of sp³-hybridized carbons (Fsp3) is 0.167. The molecule has 2 nitrogen and oxygen atoms in total. The molecule has 76 valence electrons. The van der Waals surface area contributed by atoms with Crippen LogP contribution >= 0.6 is 12.6 Å². The predicted molar refractivity (Wildman–Crippen MR) is 64.2 cm³/mol. The minimum Gasteiger partial charge on any atom is -0.232 e. The lowest BCUT2D eigenvalue weighted by atomic mass is 10.2. The van der Waals surface area contributed by atoms with E-state index in [0.717, 1.165) is 27.7 Å². The summed E-state index contributed by atoms with van der Waals surface area (Å²) in [5, 5.41) is 0. The van der Waals surface area contributed by atoms with Gasteiger partial charge in [-0.05, 0) is 13.8 Å². The second kappa shape index (κ2) is 4.03. The van der Waals surface area contributed by atoms with E-state index in [9.17, 15) is 0 Å². The van der Waals surface area contributed by atoms with Crippen LogP contribution in [0.3, 0.4) is 0 Å². The van der Waals surface area contributed by atoms with Crippen molar-refractivity contribution < 1.29 is 0 Å². The summed E-state index contributed by atoms with van der Waals surface area (Å²) < 4.78 is 0. The molecule has 0 amide bonds. The van der Waals surface area contributed by atoms with Gasteiger partial charge in [0.05, 0.1) is 11.4 Å². The topological polar surface area (TPSA) is 25.8 Å². The lowest BCUT2D eigenvalue weighted by Gasteiger charge is -2.06. The number of aryl methyl sites for hydroxylation is 2. The standard InChI is InChI=1S/C12H12N2S/c1-8-11(15)9(2)14-12(13-8)10-6-4-3-5-7-10/h3-7,15H,1-2H3. The predicted octanol–water partition coefficient (Wildman–Crippen LogP) is 3.05. The zero-order chi connectivity index (χ0) is 10.8. The first kappa shape index (κ1) is 10.2. The van der Waals surface area contributed by atoms with E-state index in [2.05, 4.69) is 22.6 Å². The minimum absolute atomic E-state index is 0.767. The summed E-state index contributed by atoms with van der Waals surface area (Å²) in [6.45, 7) is 3.90. The summed E-state index contributed by atoms with van der Waals surface area (Å²) in [5.74, 6) is 0.767. The molecule has 0 aliphatic carbocycles. The molecular weight excluding hydrogens is 204 g/mol. The quantitative estimate of drug-likeness (QED) is 0.741. The molecule has 0 radical (unpaired) electrons. The van der Waals surface area contributed by atoms with Crippen molar-refractivity contribution in [3.63, 3.8) is 0 Å². The van der Waals surface area contributed by atoms with Crippen LogP contribution in [0, 0.1) is 13.8 Å². The Morgan fingerprint density at radius 3 is 2.00 bits per heavy atom. The summed E-state index contributed by atoms with van der Waals surface area (Å²) in [5.41, 5.74) is 2.88. The van der Waals surface area contributed by atoms with E-state index in [4.69, 9.17) is 0 Å². The molecule has 0 saturated carbocycles. The van der Waals surface area contributed by atoms with Gasteiger partial charge in [-0.25, -0.2) is 9.97 Å². The van der Waals surface area contributed by atoms with Crippen LogP contribution in [0.2, 0.25) is 0 Å². The van der Waals surface area contributed by atoms with Crippen molar-refractivity contribution in [2.75, 3.05) is 0 Å². The van der Waals surface area contributed by atoms with Gasteiger partial charge in [0.1, 0.15) is 0 Å². The van der Waals surface area contributed by atoms with Crippen LogP contribution in [0.5, 0.6) is 0 Å². The summed E-state index contributed by atoms with van der Waals surface area (Å²) in [6, 6.07) is 9.96. The number of benzene rings is 1. The second-order valence-corrected chi connectivity index (χ2v) is 3.88. The van der Waals surface area contributed by atoms with Crippen molar-refractivity contribution in [1.29, 1.82) is 0 Å². The molecule has 0 spiro atoms. The third-order valence-corrected chi connectivity index (χ3v) is 2.91. The third-order valence-electron chi connectivity index (χ3n) is 2.26. The molecule has 2 rings (SSSR count). The van der Waals surface area contributed by atoms with Crippen LogP contribution in [-0.4, -0.2) is 9.97 Å². The van der Waals surface area contributed by atoms with Gasteiger partial charge in [0, 0.05) is 10.5 Å². The number of hydrogen-bond acceptors (Lipinski definition) is 3. The van der Waals surface area contributed by atoms with E-state index in [0.29, 0.717) is 0 Å². The van der Waals surface area contributed by atoms with Gasteiger partial charge in [0.25, 0.3) is 0 Å². The van der Waals surface area contributed by atoms with Gasteiger partial charge in [0.2, 0.25) is 0 Å². The molecule has 0 atom stereocenters. The fourth-order valence-electron chi connectivity index (χ4n) is 1.43. The van der Waals surface area contributed by atoms with Crippen molar-refractivity contribution in [2.45, 2.75) is 18.7 Å². The van der Waals surface area contributed by atoms with Gasteiger partial charge in [0.15, 0.2) is 5.82 Å². The monoisotopic (exact) mass is 216 g/mol. The molecule has 2 aromatic rings. The van der Waals surface area contributed by atoms with Crippen molar-refractivity contribution in [3.05, 3.63) is 41.7 Å². The van der Waals surface area contributed by atoms with E-state index in [-0.39, 0.29) is 0 Å². The first-order valence-corrected chi connectivity index (χ1v) is 5.23. The zero-order valence-corrected chi connectivity index (χ0v) is 9.62. The highest BCUT2D eigenvalue weighted by Gasteiger charge is 2.06. The number of aromatic nitrogens is 2. The van der Waals surface area contributed by atoms with E-state index in [1.165, 1.54) is 0 Å². The van der Waals surface area contributed by atoms with Crippen molar-refractivity contribution >= 4 is 12.6 Å². The molecule has 0 N–H and O–H groups in total. The zero-order valence-electron chi connectivity index (χ0n) is 8.73. The van der Waals surface area contributed by atoms with E-state index >= 15 is 0 Å². The first-order valence-electron chi connectivity index (χ1n) is 4.78. The van der Waals surface area contributed by atoms with Crippen molar-refractivity contribution in [3.8, 4) is 11.4 Å². The highest BCUT2D eigenvalue weighted by atomic mass is 32.1. The molecule has 15 heavy (non-hydrogen) atoms. The Morgan fingerprint density at radius 1 is 0.933 bits per heavy atom. The normalized spacial score (nSPS) is 10.3. The van der Waals surface area contributed by atoms with Gasteiger partial charge in [-0.1, -0.05) is 30.3 Å². The van der Waals surface area contributed by atoms with E-state index < -0.39 is 0 Å². The summed E-state index contributed by atoms with van der Waals surface area (Å²) in [4.78, 5) is 9.70. The Balaban J connectivity index is 2.56. The molecule has 1 aromatic carbocycles. The molecule has 0 saturated heterocycles. The maximum atomic E-state index is 4.42. The number of hydrogen-bond donors (Lipinski definition) is 1. The van der Waals surface area contributed by atoms with Crippen molar-refractivity contribution in [1.82, 2.24) is 9.97 Å². The van der Waals surface area contributed by atoms with Crippen LogP contribution in [0.15, 0.2) is 35.2 Å². The lowest BCUT2D eigenvalue weighted by Crippen LogP contribution is -1.96. The van der Waals surface area contributed by atoms with Crippen LogP contribution in [0.1, 0.15) is 11.4 Å². The molecule has 3 heteroatoms. The highest BCUT2D eigenvalue weighted by molar-refractivity contribution is 7.80. The van der Waals surface area contributed by atoms with Crippen molar-refractivity contribution in [2.24, 2.45) is 0 Å². The van der Waals surface area contributed by atoms with Gasteiger partial charge < -0.3 is 0 Å². The molecule has 1 aromatic heterocycles. The number of rotatable bonds is 1. The summed E-state index contributed by atoms with van der Waals surface area (Å²) in [6.07, 6.45) is 0. The molecule has 0 unspecified atom stereocenters. The van der Waals surface area contributed by atoms with E-state index in [1.807, 2.05) is 44.2 Å². The van der Waals surface area contributed by atoms with Gasteiger partial charge in [-0.3, -0.25) is 0 Å². The SMILES string of the molecule is Cc1nc(-c2ccccc2)nc(C)c1S. The molecule has 1 heterocycles. The van der Waals surface area contributed by atoms with Crippen LogP contribution in [0.4, 0.5) is 0 Å². The van der Waals surface area contributed by atoms with Crippen LogP contribution in [0.25, 0.3) is 11.4 Å². The van der Waals surface area contributed by atoms with E-state index in [1.54, 1.807) is 0 Å². The smallest absolute Gasteiger partial charge is 0.159 e. The Bertz CT molecular complexity index is 457. The molecule has 0 aliphatic heterocycles. The second-order valence-electron chi connectivity index (χ2n) is 3.43. The van der Waals surface area contributed by atoms with Gasteiger partial charge >= 0.3 is 0 Å². The number of nitrogens with zero attached hydrogens (tertiary/aromatic N) is 2. The molecule has 0 aliphatic rings. The van der Waals surface area contributed by atoms with Gasteiger partial charge in [-0.2, -0.15) is 0 Å². The maximum Gasteiger partial charge on any atom is 0.159 e. The Morgan fingerprint density at radius 2 is 1.47 bits per heavy atom. The Labute approximate surface area is 94.8 Å². The van der Waals surface area contributed by atoms with Crippen LogP contribution in [-0.2, 0) is 0 Å². The largest absolute Gasteiger partial charge is 0.232 e. The average Bonchev–Trinajstić information content (AvgIpc) is 2.26. The number of thiol groups is 1.